The van der Waals surface area contributed by atoms with Crippen molar-refractivity contribution >= 4 is 17.3 Å². The van der Waals surface area contributed by atoms with E-state index in [1.165, 1.54) is 12.1 Å². The molecule has 1 fully saturated rings. The predicted octanol–water partition coefficient (Wildman–Crippen LogP) is 3.04. The maximum absolute atomic E-state index is 10.9. The van der Waals surface area contributed by atoms with Crippen LogP contribution in [0, 0.1) is 10.1 Å². The summed E-state index contributed by atoms with van der Waals surface area (Å²) < 4.78 is 5.56. The van der Waals surface area contributed by atoms with Crippen molar-refractivity contribution in [1.82, 2.24) is 0 Å². The molecule has 0 radical (unpaired) electrons. The molecular weight excluding hydrogens is 268 g/mol. The molecule has 1 aromatic carbocycles. The van der Waals surface area contributed by atoms with Crippen LogP contribution in [0.2, 0.25) is 5.02 Å². The third kappa shape index (κ3) is 3.65. The van der Waals surface area contributed by atoms with Crippen LogP contribution in [0.4, 0.5) is 5.69 Å². The summed E-state index contributed by atoms with van der Waals surface area (Å²) in [5.74, 6) is 0. The Hall–Kier alpha value is -1.17. The van der Waals surface area contributed by atoms with Crippen LogP contribution in [0.1, 0.15) is 31.2 Å². The Morgan fingerprint density at radius 2 is 2.11 bits per heavy atom. The van der Waals surface area contributed by atoms with Gasteiger partial charge in [0.2, 0.25) is 0 Å². The second kappa shape index (κ2) is 5.86. The molecule has 0 saturated heterocycles. The molecule has 1 saturated carbocycles. The second-order valence-corrected chi connectivity index (χ2v) is 5.53. The molecule has 104 valence electrons. The van der Waals surface area contributed by atoms with Gasteiger partial charge in [0.25, 0.3) is 5.69 Å². The fourth-order valence-corrected chi connectivity index (χ4v) is 2.63. The number of hydrogen-bond acceptors (Lipinski definition) is 4. The zero-order chi connectivity index (χ0) is 13.9. The van der Waals surface area contributed by atoms with Gasteiger partial charge >= 0.3 is 0 Å². The molecule has 0 spiro atoms. The summed E-state index contributed by atoms with van der Waals surface area (Å²) in [5, 5.41) is 11.4. The topological polar surface area (TPSA) is 78.4 Å². The third-order valence-corrected chi connectivity index (χ3v) is 3.72. The zero-order valence-corrected chi connectivity index (χ0v) is 11.4. The molecule has 2 N–H and O–H groups in total. The number of hydrogen-bond donors (Lipinski definition) is 1. The van der Waals surface area contributed by atoms with Crippen LogP contribution in [0.5, 0.6) is 0 Å². The molecule has 0 amide bonds. The van der Waals surface area contributed by atoms with Crippen LogP contribution in [0.15, 0.2) is 18.2 Å². The van der Waals surface area contributed by atoms with Crippen LogP contribution < -0.4 is 5.73 Å². The molecule has 0 aliphatic heterocycles. The Kier molecular flexibility index (Phi) is 4.39. The first kappa shape index (κ1) is 14.2. The minimum atomic E-state index is -0.428. The smallest absolute Gasteiger partial charge is 0.275 e. The summed E-state index contributed by atoms with van der Waals surface area (Å²) in [6.45, 7) is 0.590. The van der Waals surface area contributed by atoms with Gasteiger partial charge in [-0.3, -0.25) is 10.1 Å². The van der Waals surface area contributed by atoms with E-state index in [1.54, 1.807) is 6.07 Å². The highest BCUT2D eigenvalue weighted by Crippen LogP contribution is 2.28. The maximum Gasteiger partial charge on any atom is 0.275 e. The van der Waals surface area contributed by atoms with Gasteiger partial charge in [-0.1, -0.05) is 24.4 Å². The third-order valence-electron chi connectivity index (χ3n) is 3.48. The molecule has 0 unspecified atom stereocenters. The summed E-state index contributed by atoms with van der Waals surface area (Å²) in [4.78, 5) is 10.5. The monoisotopic (exact) mass is 284 g/mol. The van der Waals surface area contributed by atoms with Gasteiger partial charge in [-0.15, -0.1) is 0 Å². The van der Waals surface area contributed by atoms with Crippen molar-refractivity contribution in [2.75, 3.05) is 6.61 Å². The van der Waals surface area contributed by atoms with E-state index in [2.05, 4.69) is 0 Å². The van der Waals surface area contributed by atoms with Crippen molar-refractivity contribution in [3.8, 4) is 0 Å². The molecule has 1 aromatic rings. The first-order valence-electron chi connectivity index (χ1n) is 6.30. The molecule has 5 nitrogen and oxygen atoms in total. The average molecular weight is 285 g/mol. The Labute approximate surface area is 116 Å². The summed E-state index contributed by atoms with van der Waals surface area (Å²) >= 11 is 5.85. The van der Waals surface area contributed by atoms with Gasteiger partial charge in [-0.2, -0.15) is 0 Å². The quantitative estimate of drug-likeness (QED) is 0.666. The van der Waals surface area contributed by atoms with Crippen molar-refractivity contribution in [1.29, 1.82) is 0 Å². The lowest BCUT2D eigenvalue weighted by molar-refractivity contribution is -0.386. The largest absolute Gasteiger partial charge is 0.375 e. The summed E-state index contributed by atoms with van der Waals surface area (Å²) in [6, 6.07) is 4.47. The van der Waals surface area contributed by atoms with Gasteiger partial charge in [-0.05, 0) is 25.0 Å². The average Bonchev–Trinajstić information content (AvgIpc) is 2.76. The number of ether oxygens (including phenoxy) is 1. The molecule has 0 aromatic heterocycles. The number of nitro groups is 1. The van der Waals surface area contributed by atoms with E-state index in [9.17, 15) is 10.1 Å². The molecule has 0 atom stereocenters. The van der Waals surface area contributed by atoms with Gasteiger partial charge in [-0.25, -0.2) is 0 Å². The summed E-state index contributed by atoms with van der Waals surface area (Å²) in [6.07, 6.45) is 4.14. The Morgan fingerprint density at radius 1 is 1.42 bits per heavy atom. The van der Waals surface area contributed by atoms with Crippen LogP contribution >= 0.6 is 11.6 Å². The summed E-state index contributed by atoms with van der Waals surface area (Å²) in [5.41, 5.74) is 6.41. The van der Waals surface area contributed by atoms with E-state index in [1.807, 2.05) is 0 Å². The van der Waals surface area contributed by atoms with Crippen molar-refractivity contribution in [2.45, 2.75) is 37.8 Å². The molecule has 0 bridgehead atoms. The van der Waals surface area contributed by atoms with E-state index < -0.39 is 4.92 Å². The lowest BCUT2D eigenvalue weighted by Crippen LogP contribution is -2.41. The van der Waals surface area contributed by atoms with Crippen LogP contribution in [0.25, 0.3) is 0 Å². The summed E-state index contributed by atoms with van der Waals surface area (Å²) in [7, 11) is 0. The Morgan fingerprint density at radius 3 is 2.74 bits per heavy atom. The standard InChI is InChI=1S/C13H17ClN2O3/c14-11-3-4-12(16(17)18)10(7-11)8-19-9-13(15)5-1-2-6-13/h3-4,7H,1-2,5-6,8-9,15H2. The molecule has 0 heterocycles. The number of nitrogens with two attached hydrogens (primary N) is 1. The minimum absolute atomic E-state index is 0.0295. The first-order chi connectivity index (χ1) is 9.00. The number of rotatable bonds is 5. The zero-order valence-electron chi connectivity index (χ0n) is 10.6. The number of halogens is 1. The van der Waals surface area contributed by atoms with Crippen LogP contribution in [-0.4, -0.2) is 17.1 Å². The lowest BCUT2D eigenvalue weighted by atomic mass is 10.0. The highest BCUT2D eigenvalue weighted by Gasteiger charge is 2.29. The molecule has 1 aliphatic carbocycles. The minimum Gasteiger partial charge on any atom is -0.375 e. The molecule has 19 heavy (non-hydrogen) atoms. The van der Waals surface area contributed by atoms with Gasteiger partial charge in [0, 0.05) is 16.6 Å². The van der Waals surface area contributed by atoms with E-state index in [-0.39, 0.29) is 17.8 Å². The fourth-order valence-electron chi connectivity index (χ4n) is 2.44. The normalized spacial score (nSPS) is 17.6. The van der Waals surface area contributed by atoms with Crippen molar-refractivity contribution in [2.24, 2.45) is 5.73 Å². The predicted molar refractivity (Wildman–Crippen MR) is 73.1 cm³/mol. The highest BCUT2D eigenvalue weighted by molar-refractivity contribution is 6.30. The number of benzene rings is 1. The van der Waals surface area contributed by atoms with Gasteiger partial charge in [0.15, 0.2) is 0 Å². The molecular formula is C13H17ClN2O3. The first-order valence-corrected chi connectivity index (χ1v) is 6.67. The van der Waals surface area contributed by atoms with E-state index >= 15 is 0 Å². The van der Waals surface area contributed by atoms with Crippen molar-refractivity contribution < 1.29 is 9.66 Å². The van der Waals surface area contributed by atoms with Crippen LogP contribution in [-0.2, 0) is 11.3 Å². The molecule has 1 aliphatic rings. The van der Waals surface area contributed by atoms with E-state index in [0.717, 1.165) is 25.7 Å². The van der Waals surface area contributed by atoms with E-state index in [0.29, 0.717) is 17.2 Å². The van der Waals surface area contributed by atoms with Gasteiger partial charge < -0.3 is 10.5 Å². The van der Waals surface area contributed by atoms with Gasteiger partial charge in [0.1, 0.15) is 0 Å². The number of nitro benzene ring substituents is 1. The Bertz CT molecular complexity index is 473. The molecule has 6 heteroatoms. The second-order valence-electron chi connectivity index (χ2n) is 5.09. The maximum atomic E-state index is 10.9. The lowest BCUT2D eigenvalue weighted by Gasteiger charge is -2.23. The Balaban J connectivity index is 1.98. The highest BCUT2D eigenvalue weighted by atomic mass is 35.5. The van der Waals surface area contributed by atoms with Crippen molar-refractivity contribution in [3.05, 3.63) is 38.9 Å². The molecule has 2 rings (SSSR count). The SMILES string of the molecule is NC1(COCc2cc(Cl)ccc2[N+](=O)[O-])CCCC1. The fraction of sp³-hybridized carbons (Fsp3) is 0.538. The van der Waals surface area contributed by atoms with Crippen LogP contribution in [0.3, 0.4) is 0 Å². The van der Waals surface area contributed by atoms with Gasteiger partial charge in [0.05, 0.1) is 23.7 Å². The number of nitrogens with zero attached hydrogens (tertiary/aromatic N) is 1. The van der Waals surface area contributed by atoms with Crippen molar-refractivity contribution in [3.63, 3.8) is 0 Å². The van der Waals surface area contributed by atoms with E-state index in [4.69, 9.17) is 22.1 Å².